The van der Waals surface area contributed by atoms with Crippen LogP contribution in [0.4, 0.5) is 0 Å². The Kier molecular flexibility index (Phi) is 6.53. The van der Waals surface area contributed by atoms with E-state index in [0.29, 0.717) is 0 Å². The molecule has 108 valence electrons. The molecule has 1 unspecified atom stereocenters. The van der Waals surface area contributed by atoms with Gasteiger partial charge in [0, 0.05) is 5.57 Å². The maximum Gasteiger partial charge on any atom is 0.332 e. The van der Waals surface area contributed by atoms with E-state index in [1.165, 1.54) is 6.08 Å². The minimum Gasteiger partial charge on any atom is -0.478 e. The number of esters is 1. The molecule has 4 nitrogen and oxygen atoms in total. The third-order valence-corrected chi connectivity index (χ3v) is 2.23. The molecule has 0 bridgehead atoms. The van der Waals surface area contributed by atoms with Crippen LogP contribution in [0.5, 0.6) is 0 Å². The number of ether oxygens (including phenoxy) is 1. The minimum atomic E-state index is -1.09. The molecule has 0 aromatic rings. The Morgan fingerprint density at radius 1 is 1.32 bits per heavy atom. The van der Waals surface area contributed by atoms with E-state index in [4.69, 9.17) is 4.74 Å². The molecule has 0 aliphatic carbocycles. The van der Waals surface area contributed by atoms with Crippen molar-refractivity contribution < 1.29 is 19.4 Å². The van der Waals surface area contributed by atoms with Crippen LogP contribution in [0.2, 0.25) is 0 Å². The van der Waals surface area contributed by atoms with Gasteiger partial charge in [0.25, 0.3) is 0 Å². The van der Waals surface area contributed by atoms with E-state index in [1.54, 1.807) is 26.8 Å². The zero-order chi connectivity index (χ0) is 15.2. The second-order valence-corrected chi connectivity index (χ2v) is 5.78. The highest BCUT2D eigenvalue weighted by molar-refractivity contribution is 5.94. The lowest BCUT2D eigenvalue weighted by Gasteiger charge is -2.24. The molecule has 0 fully saturated rings. The predicted octanol–water partition coefficient (Wildman–Crippen LogP) is 3.19. The van der Waals surface area contributed by atoms with Gasteiger partial charge in [-0.15, -0.1) is 6.58 Å². The van der Waals surface area contributed by atoms with Crippen LogP contribution >= 0.6 is 0 Å². The number of allylic oxidation sites excluding steroid dienone is 2. The van der Waals surface area contributed by atoms with Gasteiger partial charge in [0.2, 0.25) is 0 Å². The number of carbonyl (C=O) groups is 2. The van der Waals surface area contributed by atoms with Gasteiger partial charge in [0.05, 0.1) is 5.92 Å². The second-order valence-electron chi connectivity index (χ2n) is 5.78. The summed E-state index contributed by atoms with van der Waals surface area (Å²) >= 11 is 0. The van der Waals surface area contributed by atoms with E-state index >= 15 is 0 Å². The monoisotopic (exact) mass is 268 g/mol. The SMILES string of the molecule is C=CCC(C(=O)OC(C)(C)C)/C(=C\C(C)C)C(=O)O. The average molecular weight is 268 g/mol. The lowest BCUT2D eigenvalue weighted by molar-refractivity contribution is -0.159. The molecule has 1 atom stereocenters. The first-order valence-corrected chi connectivity index (χ1v) is 6.37. The first kappa shape index (κ1) is 17.4. The largest absolute Gasteiger partial charge is 0.478 e. The van der Waals surface area contributed by atoms with Crippen molar-refractivity contribution in [2.24, 2.45) is 11.8 Å². The van der Waals surface area contributed by atoms with Crippen molar-refractivity contribution in [1.29, 1.82) is 0 Å². The van der Waals surface area contributed by atoms with Crippen molar-refractivity contribution in [2.75, 3.05) is 0 Å². The lowest BCUT2D eigenvalue weighted by Crippen LogP contribution is -2.31. The summed E-state index contributed by atoms with van der Waals surface area (Å²) in [6, 6.07) is 0. The molecule has 0 spiro atoms. The number of hydrogen-bond acceptors (Lipinski definition) is 3. The van der Waals surface area contributed by atoms with Crippen LogP contribution in [0.1, 0.15) is 41.0 Å². The third kappa shape index (κ3) is 6.79. The van der Waals surface area contributed by atoms with Crippen LogP contribution in [-0.2, 0) is 14.3 Å². The standard InChI is InChI=1S/C15H24O4/c1-7-8-11(14(18)19-15(4,5)6)12(13(16)17)9-10(2)3/h7,9-11H,1,8H2,2-6H3,(H,16,17)/b12-9+. The Morgan fingerprint density at radius 3 is 2.16 bits per heavy atom. The van der Waals surface area contributed by atoms with Crippen molar-refractivity contribution in [2.45, 2.75) is 46.6 Å². The Bertz CT molecular complexity index is 372. The van der Waals surface area contributed by atoms with Crippen LogP contribution in [0.25, 0.3) is 0 Å². The van der Waals surface area contributed by atoms with Crippen molar-refractivity contribution >= 4 is 11.9 Å². The Labute approximate surface area is 115 Å². The van der Waals surface area contributed by atoms with Crippen molar-refractivity contribution in [3.05, 3.63) is 24.3 Å². The van der Waals surface area contributed by atoms with E-state index in [9.17, 15) is 14.7 Å². The molecule has 0 aliphatic rings. The van der Waals surface area contributed by atoms with Crippen LogP contribution < -0.4 is 0 Å². The van der Waals surface area contributed by atoms with Crippen molar-refractivity contribution in [1.82, 2.24) is 0 Å². The summed E-state index contributed by atoms with van der Waals surface area (Å²) in [5.74, 6) is -2.38. The van der Waals surface area contributed by atoms with Gasteiger partial charge in [0.15, 0.2) is 0 Å². The molecule has 0 aromatic carbocycles. The average Bonchev–Trinajstić information content (AvgIpc) is 2.19. The number of carboxylic acids is 1. The summed E-state index contributed by atoms with van der Waals surface area (Å²) in [6.07, 6.45) is 3.37. The molecule has 0 aromatic heterocycles. The van der Waals surface area contributed by atoms with Crippen LogP contribution in [-0.4, -0.2) is 22.6 Å². The smallest absolute Gasteiger partial charge is 0.332 e. The number of carbonyl (C=O) groups excluding carboxylic acids is 1. The highest BCUT2D eigenvalue weighted by Gasteiger charge is 2.30. The molecule has 0 heterocycles. The molecular formula is C15H24O4. The van der Waals surface area contributed by atoms with Crippen LogP contribution in [0.15, 0.2) is 24.3 Å². The minimum absolute atomic E-state index is 0.0425. The molecule has 4 heteroatoms. The third-order valence-electron chi connectivity index (χ3n) is 2.23. The van der Waals surface area contributed by atoms with E-state index in [0.717, 1.165) is 0 Å². The van der Waals surface area contributed by atoms with E-state index in [2.05, 4.69) is 6.58 Å². The highest BCUT2D eigenvalue weighted by Crippen LogP contribution is 2.23. The van der Waals surface area contributed by atoms with E-state index in [1.807, 2.05) is 13.8 Å². The fourth-order valence-corrected chi connectivity index (χ4v) is 1.59. The summed E-state index contributed by atoms with van der Waals surface area (Å²) in [4.78, 5) is 23.4. The first-order chi connectivity index (χ1) is 8.58. The number of aliphatic carboxylic acids is 1. The zero-order valence-corrected chi connectivity index (χ0v) is 12.4. The fourth-order valence-electron chi connectivity index (χ4n) is 1.59. The quantitative estimate of drug-likeness (QED) is 0.456. The molecule has 0 radical (unpaired) electrons. The molecule has 0 amide bonds. The van der Waals surface area contributed by atoms with Gasteiger partial charge >= 0.3 is 11.9 Å². The van der Waals surface area contributed by atoms with Gasteiger partial charge < -0.3 is 9.84 Å². The van der Waals surface area contributed by atoms with Gasteiger partial charge in [-0.3, -0.25) is 4.79 Å². The molecule has 0 rings (SSSR count). The number of carboxylic acid groups (broad SMARTS) is 1. The summed E-state index contributed by atoms with van der Waals surface area (Å²) in [5.41, 5.74) is -0.568. The van der Waals surface area contributed by atoms with Gasteiger partial charge in [-0.05, 0) is 33.1 Å². The maximum atomic E-state index is 12.1. The summed E-state index contributed by atoms with van der Waals surface area (Å²) < 4.78 is 5.27. The van der Waals surface area contributed by atoms with Gasteiger partial charge in [-0.1, -0.05) is 26.0 Å². The zero-order valence-electron chi connectivity index (χ0n) is 12.4. The fraction of sp³-hybridized carbons (Fsp3) is 0.600. The molecule has 19 heavy (non-hydrogen) atoms. The normalized spacial score (nSPS) is 14.1. The predicted molar refractivity (Wildman–Crippen MR) is 74.7 cm³/mol. The topological polar surface area (TPSA) is 63.6 Å². The first-order valence-electron chi connectivity index (χ1n) is 6.37. The number of rotatable bonds is 6. The summed E-state index contributed by atoms with van der Waals surface area (Å²) in [7, 11) is 0. The molecule has 1 N–H and O–H groups in total. The van der Waals surface area contributed by atoms with Gasteiger partial charge in [0.1, 0.15) is 5.60 Å². The summed E-state index contributed by atoms with van der Waals surface area (Å²) in [6.45, 7) is 12.6. The molecular weight excluding hydrogens is 244 g/mol. The maximum absolute atomic E-state index is 12.1. The Balaban J connectivity index is 5.32. The Hall–Kier alpha value is -1.58. The summed E-state index contributed by atoms with van der Waals surface area (Å²) in [5, 5.41) is 9.26. The lowest BCUT2D eigenvalue weighted by atomic mass is 9.92. The number of hydrogen-bond donors (Lipinski definition) is 1. The Morgan fingerprint density at radius 2 is 1.84 bits per heavy atom. The van der Waals surface area contributed by atoms with Crippen molar-refractivity contribution in [3.8, 4) is 0 Å². The van der Waals surface area contributed by atoms with E-state index < -0.39 is 23.5 Å². The molecule has 0 saturated carbocycles. The van der Waals surface area contributed by atoms with Crippen LogP contribution in [0, 0.1) is 11.8 Å². The van der Waals surface area contributed by atoms with Gasteiger partial charge in [-0.2, -0.15) is 0 Å². The molecule has 0 saturated heterocycles. The van der Waals surface area contributed by atoms with Crippen molar-refractivity contribution in [3.63, 3.8) is 0 Å². The highest BCUT2D eigenvalue weighted by atomic mass is 16.6. The van der Waals surface area contributed by atoms with Gasteiger partial charge in [-0.25, -0.2) is 4.79 Å². The van der Waals surface area contributed by atoms with Crippen LogP contribution in [0.3, 0.4) is 0 Å². The second kappa shape index (κ2) is 7.12. The van der Waals surface area contributed by atoms with E-state index in [-0.39, 0.29) is 17.9 Å². The molecule has 0 aliphatic heterocycles.